The number of benzene rings is 2. The number of ether oxygens (including phenoxy) is 4. The predicted molar refractivity (Wildman–Crippen MR) is 98.9 cm³/mol. The van der Waals surface area contributed by atoms with E-state index in [9.17, 15) is 9.90 Å². The number of anilines is 1. The number of fused-ring (bicyclic) bond motifs is 1. The zero-order valence-corrected chi connectivity index (χ0v) is 14.9. The van der Waals surface area contributed by atoms with Gasteiger partial charge in [-0.25, -0.2) is 4.79 Å². The van der Waals surface area contributed by atoms with Crippen LogP contribution in [0.25, 0.3) is 0 Å². The van der Waals surface area contributed by atoms with Gasteiger partial charge in [0.05, 0.1) is 7.11 Å². The molecular weight excluding hydrogens is 352 g/mol. The largest absolute Gasteiger partial charge is 0.497 e. The second kappa shape index (κ2) is 9.00. The minimum absolute atomic E-state index is 0.0392. The lowest BCUT2D eigenvalue weighted by Gasteiger charge is -2.19. The summed E-state index contributed by atoms with van der Waals surface area (Å²) < 4.78 is 21.5. The summed E-state index contributed by atoms with van der Waals surface area (Å²) in [5.74, 6) is 2.48. The molecule has 27 heavy (non-hydrogen) atoms. The van der Waals surface area contributed by atoms with E-state index in [1.807, 2.05) is 0 Å². The average molecular weight is 374 g/mol. The lowest BCUT2D eigenvalue weighted by molar-refractivity contribution is 0.108. The van der Waals surface area contributed by atoms with Crippen molar-refractivity contribution in [2.75, 3.05) is 38.8 Å². The van der Waals surface area contributed by atoms with E-state index in [2.05, 4.69) is 10.6 Å². The molecule has 0 unspecified atom stereocenters. The van der Waals surface area contributed by atoms with Crippen molar-refractivity contribution in [1.29, 1.82) is 0 Å². The average Bonchev–Trinajstić information content (AvgIpc) is 2.71. The van der Waals surface area contributed by atoms with Crippen LogP contribution in [0.5, 0.6) is 23.0 Å². The Balaban J connectivity index is 1.41. The van der Waals surface area contributed by atoms with E-state index in [0.717, 1.165) is 0 Å². The third-order valence-electron chi connectivity index (χ3n) is 3.78. The Kier molecular flexibility index (Phi) is 6.22. The van der Waals surface area contributed by atoms with Gasteiger partial charge in [-0.1, -0.05) is 6.07 Å². The Morgan fingerprint density at radius 1 is 1.15 bits per heavy atom. The van der Waals surface area contributed by atoms with Crippen molar-refractivity contribution in [2.24, 2.45) is 0 Å². The molecule has 1 atom stereocenters. The topological polar surface area (TPSA) is 98.3 Å². The molecule has 1 aliphatic rings. The van der Waals surface area contributed by atoms with Crippen molar-refractivity contribution < 1.29 is 28.8 Å². The van der Waals surface area contributed by atoms with Crippen molar-refractivity contribution in [2.45, 2.75) is 6.10 Å². The van der Waals surface area contributed by atoms with Crippen molar-refractivity contribution in [1.82, 2.24) is 5.32 Å². The summed E-state index contributed by atoms with van der Waals surface area (Å²) >= 11 is 0. The van der Waals surface area contributed by atoms with Crippen LogP contribution < -0.4 is 29.6 Å². The van der Waals surface area contributed by atoms with Crippen molar-refractivity contribution >= 4 is 11.7 Å². The minimum Gasteiger partial charge on any atom is -0.497 e. The number of carbonyl (C=O) groups excluding carboxylic acids is 1. The molecule has 0 saturated heterocycles. The monoisotopic (exact) mass is 374 g/mol. The van der Waals surface area contributed by atoms with Gasteiger partial charge in [0, 0.05) is 24.4 Å². The summed E-state index contributed by atoms with van der Waals surface area (Å²) in [5.41, 5.74) is 0.568. The number of urea groups is 1. The second-order valence-corrected chi connectivity index (χ2v) is 5.84. The molecular formula is C19H22N2O6. The Morgan fingerprint density at radius 2 is 1.93 bits per heavy atom. The molecule has 3 rings (SSSR count). The fourth-order valence-corrected chi connectivity index (χ4v) is 2.45. The summed E-state index contributed by atoms with van der Waals surface area (Å²) in [7, 11) is 1.57. The first-order valence-corrected chi connectivity index (χ1v) is 8.53. The standard InChI is InChI=1S/C19H22N2O6/c1-24-15-3-2-4-16(10-15)27-12-14(22)11-20-19(23)21-13-5-6-17-18(9-13)26-8-7-25-17/h2-6,9-10,14,22H,7-8,11-12H2,1H3,(H2,20,21,23)/t14-/m0/s1. The Bertz CT molecular complexity index is 783. The fourth-order valence-electron chi connectivity index (χ4n) is 2.45. The molecule has 3 N–H and O–H groups in total. The van der Waals surface area contributed by atoms with Crippen LogP contribution in [0, 0.1) is 0 Å². The molecule has 8 heteroatoms. The highest BCUT2D eigenvalue weighted by molar-refractivity contribution is 5.89. The van der Waals surface area contributed by atoms with Gasteiger partial charge >= 0.3 is 6.03 Å². The Labute approximate surface area is 157 Å². The first-order valence-electron chi connectivity index (χ1n) is 8.53. The molecule has 2 amide bonds. The normalized spacial score (nSPS) is 13.4. The molecule has 2 aromatic carbocycles. The second-order valence-electron chi connectivity index (χ2n) is 5.84. The third kappa shape index (κ3) is 5.42. The van der Waals surface area contributed by atoms with E-state index in [-0.39, 0.29) is 13.2 Å². The summed E-state index contributed by atoms with van der Waals surface area (Å²) in [6, 6.07) is 11.8. The number of aliphatic hydroxyl groups excluding tert-OH is 1. The fraction of sp³-hybridized carbons (Fsp3) is 0.316. The molecule has 0 fully saturated rings. The van der Waals surface area contributed by atoms with Gasteiger partial charge in [0.2, 0.25) is 0 Å². The van der Waals surface area contributed by atoms with Crippen LogP contribution in [0.1, 0.15) is 0 Å². The Hall–Kier alpha value is -3.13. The van der Waals surface area contributed by atoms with Crippen LogP contribution in [-0.2, 0) is 0 Å². The zero-order chi connectivity index (χ0) is 19.1. The molecule has 2 aromatic rings. The predicted octanol–water partition coefficient (Wildman–Crippen LogP) is 2.03. The van der Waals surface area contributed by atoms with Gasteiger partial charge in [0.25, 0.3) is 0 Å². The molecule has 1 heterocycles. The maximum absolute atomic E-state index is 12.0. The quantitative estimate of drug-likeness (QED) is 0.686. The summed E-state index contributed by atoms with van der Waals surface area (Å²) in [6.07, 6.45) is -0.859. The molecule has 0 spiro atoms. The maximum atomic E-state index is 12.0. The smallest absolute Gasteiger partial charge is 0.319 e. The highest BCUT2D eigenvalue weighted by atomic mass is 16.6. The molecule has 144 valence electrons. The van der Waals surface area contributed by atoms with Crippen molar-refractivity contribution in [3.8, 4) is 23.0 Å². The number of hydrogen-bond acceptors (Lipinski definition) is 6. The number of nitrogens with one attached hydrogen (secondary N) is 2. The SMILES string of the molecule is COc1cccc(OC[C@@H](O)CNC(=O)Nc2ccc3c(c2)OCCO3)c1. The van der Waals surface area contributed by atoms with Gasteiger partial charge in [-0.2, -0.15) is 0 Å². The van der Waals surface area contributed by atoms with Crippen LogP contribution in [0.2, 0.25) is 0 Å². The summed E-state index contributed by atoms with van der Waals surface area (Å²) in [4.78, 5) is 12.0. The molecule has 0 bridgehead atoms. The van der Waals surface area contributed by atoms with E-state index in [0.29, 0.717) is 41.9 Å². The number of carbonyl (C=O) groups is 1. The van der Waals surface area contributed by atoms with Gasteiger partial charge in [-0.3, -0.25) is 0 Å². The molecule has 0 aromatic heterocycles. The van der Waals surface area contributed by atoms with Crippen LogP contribution in [0.3, 0.4) is 0 Å². The van der Waals surface area contributed by atoms with Crippen LogP contribution in [0.4, 0.5) is 10.5 Å². The number of methoxy groups -OCH3 is 1. The number of amides is 2. The van der Waals surface area contributed by atoms with E-state index in [4.69, 9.17) is 18.9 Å². The lowest BCUT2D eigenvalue weighted by Crippen LogP contribution is -2.37. The summed E-state index contributed by atoms with van der Waals surface area (Å²) in [6.45, 7) is 1.07. The first kappa shape index (κ1) is 18.7. The van der Waals surface area contributed by atoms with Crippen LogP contribution in [-0.4, -0.2) is 50.7 Å². The number of hydrogen-bond donors (Lipinski definition) is 3. The van der Waals surface area contributed by atoms with E-state index >= 15 is 0 Å². The van der Waals surface area contributed by atoms with E-state index in [1.165, 1.54) is 0 Å². The molecule has 0 aliphatic carbocycles. The van der Waals surface area contributed by atoms with Crippen LogP contribution >= 0.6 is 0 Å². The molecule has 0 radical (unpaired) electrons. The van der Waals surface area contributed by atoms with Gasteiger partial charge in [-0.05, 0) is 24.3 Å². The lowest BCUT2D eigenvalue weighted by atomic mass is 10.2. The highest BCUT2D eigenvalue weighted by Gasteiger charge is 2.13. The third-order valence-corrected chi connectivity index (χ3v) is 3.78. The van der Waals surface area contributed by atoms with Gasteiger partial charge in [0.15, 0.2) is 11.5 Å². The number of rotatable bonds is 7. The van der Waals surface area contributed by atoms with E-state index in [1.54, 1.807) is 49.6 Å². The van der Waals surface area contributed by atoms with Gasteiger partial charge < -0.3 is 34.7 Å². The molecule has 8 nitrogen and oxygen atoms in total. The van der Waals surface area contributed by atoms with Gasteiger partial charge in [0.1, 0.15) is 37.4 Å². The van der Waals surface area contributed by atoms with E-state index < -0.39 is 12.1 Å². The first-order chi connectivity index (χ1) is 13.1. The molecule has 0 saturated carbocycles. The number of aliphatic hydroxyl groups is 1. The van der Waals surface area contributed by atoms with Gasteiger partial charge in [-0.15, -0.1) is 0 Å². The minimum atomic E-state index is -0.859. The Morgan fingerprint density at radius 3 is 2.74 bits per heavy atom. The highest BCUT2D eigenvalue weighted by Crippen LogP contribution is 2.32. The molecule has 1 aliphatic heterocycles. The maximum Gasteiger partial charge on any atom is 0.319 e. The zero-order valence-electron chi connectivity index (χ0n) is 14.9. The summed E-state index contributed by atoms with van der Waals surface area (Å²) in [5, 5.41) is 15.2. The van der Waals surface area contributed by atoms with Crippen molar-refractivity contribution in [3.63, 3.8) is 0 Å². The van der Waals surface area contributed by atoms with Crippen molar-refractivity contribution in [3.05, 3.63) is 42.5 Å². The van der Waals surface area contributed by atoms with Crippen LogP contribution in [0.15, 0.2) is 42.5 Å².